The molecule has 1 aromatic carbocycles. The van der Waals surface area contributed by atoms with Crippen LogP contribution < -0.4 is 0 Å². The third-order valence-corrected chi connectivity index (χ3v) is 4.33. The van der Waals surface area contributed by atoms with Crippen molar-refractivity contribution in [1.29, 1.82) is 0 Å². The van der Waals surface area contributed by atoms with E-state index >= 15 is 0 Å². The summed E-state index contributed by atoms with van der Waals surface area (Å²) in [7, 11) is -1.20. The second-order valence-corrected chi connectivity index (χ2v) is 5.69. The zero-order valence-electron chi connectivity index (χ0n) is 8.83. The highest BCUT2D eigenvalue weighted by molar-refractivity contribution is 7.84. The van der Waals surface area contributed by atoms with Crippen molar-refractivity contribution in [2.75, 3.05) is 0 Å². The van der Waals surface area contributed by atoms with Gasteiger partial charge in [-0.3, -0.25) is 4.21 Å². The molecule has 1 heterocycles. The largest absolute Gasteiger partial charge is 0.478 e. The van der Waals surface area contributed by atoms with Crippen LogP contribution in [0.1, 0.15) is 15.9 Å². The fourth-order valence-corrected chi connectivity index (χ4v) is 3.29. The fourth-order valence-electron chi connectivity index (χ4n) is 1.38. The molecule has 1 atom stereocenters. The van der Waals surface area contributed by atoms with Gasteiger partial charge in [-0.15, -0.1) is 0 Å². The van der Waals surface area contributed by atoms with E-state index in [1.807, 2.05) is 16.8 Å². The lowest BCUT2D eigenvalue weighted by Gasteiger charge is -2.02. The number of rotatable bonds is 4. The smallest absolute Gasteiger partial charge is 0.335 e. The summed E-state index contributed by atoms with van der Waals surface area (Å²) in [5.74, 6) is -0.577. The number of aromatic carboxylic acids is 1. The van der Waals surface area contributed by atoms with Crippen molar-refractivity contribution in [1.82, 2.24) is 0 Å². The fraction of sp³-hybridized carbons (Fsp3) is 0.0833. The molecule has 1 aromatic heterocycles. The van der Waals surface area contributed by atoms with E-state index in [-0.39, 0.29) is 5.56 Å². The van der Waals surface area contributed by atoms with Crippen LogP contribution in [0.5, 0.6) is 0 Å². The third kappa shape index (κ3) is 3.01. The number of carbonyl (C=O) groups is 1. The van der Waals surface area contributed by atoms with Crippen LogP contribution in [0.4, 0.5) is 0 Å². The Kier molecular flexibility index (Phi) is 3.71. The highest BCUT2D eigenvalue weighted by Crippen LogP contribution is 2.15. The summed E-state index contributed by atoms with van der Waals surface area (Å²) in [4.78, 5) is 11.3. The molecule has 2 rings (SSSR count). The first-order valence-corrected chi connectivity index (χ1v) is 7.16. The molecule has 0 aliphatic rings. The van der Waals surface area contributed by atoms with Gasteiger partial charge in [0.2, 0.25) is 0 Å². The second-order valence-electron chi connectivity index (χ2n) is 3.45. The van der Waals surface area contributed by atoms with E-state index in [4.69, 9.17) is 5.11 Å². The van der Waals surface area contributed by atoms with E-state index in [0.29, 0.717) is 10.6 Å². The van der Waals surface area contributed by atoms with Crippen molar-refractivity contribution >= 4 is 28.1 Å². The first kappa shape index (κ1) is 12.0. The Morgan fingerprint density at radius 2 is 2.18 bits per heavy atom. The van der Waals surface area contributed by atoms with Crippen LogP contribution in [-0.4, -0.2) is 15.3 Å². The van der Waals surface area contributed by atoms with Crippen molar-refractivity contribution in [2.24, 2.45) is 0 Å². The van der Waals surface area contributed by atoms with Gasteiger partial charge in [-0.2, -0.15) is 11.3 Å². The highest BCUT2D eigenvalue weighted by Gasteiger charge is 2.09. The van der Waals surface area contributed by atoms with Crippen molar-refractivity contribution in [3.8, 4) is 0 Å². The number of hydrogen-bond donors (Lipinski definition) is 1. The molecule has 0 fully saturated rings. The molecule has 0 radical (unpaired) electrons. The number of carboxylic acid groups (broad SMARTS) is 1. The molecule has 0 bridgehead atoms. The average molecular weight is 266 g/mol. The molecule has 17 heavy (non-hydrogen) atoms. The molecule has 3 nitrogen and oxygen atoms in total. The van der Waals surface area contributed by atoms with Gasteiger partial charge in [-0.25, -0.2) is 4.79 Å². The lowest BCUT2D eigenvalue weighted by Crippen LogP contribution is -2.00. The number of hydrogen-bond acceptors (Lipinski definition) is 3. The average Bonchev–Trinajstić information content (AvgIpc) is 2.82. The van der Waals surface area contributed by atoms with Crippen molar-refractivity contribution < 1.29 is 14.1 Å². The first-order valence-electron chi connectivity index (χ1n) is 4.89. The summed E-state index contributed by atoms with van der Waals surface area (Å²) in [5, 5.41) is 12.7. The van der Waals surface area contributed by atoms with E-state index in [1.54, 1.807) is 23.5 Å². The molecular formula is C12H10O3S2. The zero-order valence-corrected chi connectivity index (χ0v) is 10.5. The minimum atomic E-state index is -1.20. The molecule has 0 amide bonds. The monoisotopic (exact) mass is 266 g/mol. The van der Waals surface area contributed by atoms with Gasteiger partial charge in [0.05, 0.1) is 22.1 Å². The molecular weight excluding hydrogens is 256 g/mol. The molecule has 0 aliphatic carbocycles. The Morgan fingerprint density at radius 3 is 2.82 bits per heavy atom. The number of thiophene rings is 1. The topological polar surface area (TPSA) is 54.4 Å². The lowest BCUT2D eigenvalue weighted by molar-refractivity contribution is 0.0696. The number of benzene rings is 1. The standard InChI is InChI=1S/C12H10O3S2/c13-12(14)10-2-1-3-11(6-10)17(15)8-9-4-5-16-7-9/h1-7H,8H2,(H,13,14). The zero-order chi connectivity index (χ0) is 12.3. The van der Waals surface area contributed by atoms with Gasteiger partial charge in [-0.05, 0) is 40.6 Å². The van der Waals surface area contributed by atoms with Gasteiger partial charge in [0.15, 0.2) is 0 Å². The molecule has 5 heteroatoms. The second kappa shape index (κ2) is 5.25. The van der Waals surface area contributed by atoms with E-state index in [9.17, 15) is 9.00 Å². The normalized spacial score (nSPS) is 12.2. The molecule has 1 unspecified atom stereocenters. The van der Waals surface area contributed by atoms with Crippen LogP contribution in [0.3, 0.4) is 0 Å². The Hall–Kier alpha value is -1.46. The van der Waals surface area contributed by atoms with Crippen molar-refractivity contribution in [3.63, 3.8) is 0 Å². The maximum Gasteiger partial charge on any atom is 0.335 e. The minimum Gasteiger partial charge on any atom is -0.478 e. The van der Waals surface area contributed by atoms with Crippen molar-refractivity contribution in [3.05, 3.63) is 52.2 Å². The van der Waals surface area contributed by atoms with Crippen LogP contribution in [0.25, 0.3) is 0 Å². The Balaban J connectivity index is 2.19. The van der Waals surface area contributed by atoms with E-state index in [2.05, 4.69) is 0 Å². The molecule has 0 saturated heterocycles. The quantitative estimate of drug-likeness (QED) is 0.925. The maximum absolute atomic E-state index is 12.0. The van der Waals surface area contributed by atoms with Crippen LogP contribution in [0.2, 0.25) is 0 Å². The summed E-state index contributed by atoms with van der Waals surface area (Å²) in [6, 6.07) is 8.18. The SMILES string of the molecule is O=C(O)c1cccc(S(=O)Cc2ccsc2)c1. The van der Waals surface area contributed by atoms with E-state index in [1.165, 1.54) is 12.1 Å². The summed E-state index contributed by atoms with van der Waals surface area (Å²) in [6.07, 6.45) is 0. The maximum atomic E-state index is 12.0. The Bertz CT molecular complexity index is 547. The summed E-state index contributed by atoms with van der Waals surface area (Å²) < 4.78 is 12.0. The molecule has 0 spiro atoms. The lowest BCUT2D eigenvalue weighted by atomic mass is 10.2. The first-order chi connectivity index (χ1) is 8.16. The van der Waals surface area contributed by atoms with Crippen LogP contribution in [0.15, 0.2) is 46.0 Å². The molecule has 2 aromatic rings. The van der Waals surface area contributed by atoms with E-state index in [0.717, 1.165) is 5.56 Å². The van der Waals surface area contributed by atoms with Gasteiger partial charge < -0.3 is 5.11 Å². The van der Waals surface area contributed by atoms with E-state index < -0.39 is 16.8 Å². The number of carboxylic acids is 1. The predicted molar refractivity (Wildman–Crippen MR) is 67.8 cm³/mol. The highest BCUT2D eigenvalue weighted by atomic mass is 32.2. The summed E-state index contributed by atoms with van der Waals surface area (Å²) >= 11 is 1.56. The van der Waals surface area contributed by atoms with Gasteiger partial charge in [0, 0.05) is 4.90 Å². The molecule has 1 N–H and O–H groups in total. The van der Waals surface area contributed by atoms with Gasteiger partial charge in [0.1, 0.15) is 0 Å². The molecule has 88 valence electrons. The van der Waals surface area contributed by atoms with Gasteiger partial charge >= 0.3 is 5.97 Å². The predicted octanol–water partition coefficient (Wildman–Crippen LogP) is 2.75. The Morgan fingerprint density at radius 1 is 1.35 bits per heavy atom. The van der Waals surface area contributed by atoms with Gasteiger partial charge in [0.25, 0.3) is 0 Å². The van der Waals surface area contributed by atoms with Crippen LogP contribution in [0, 0.1) is 0 Å². The Labute approximate surface area is 105 Å². The van der Waals surface area contributed by atoms with Crippen LogP contribution >= 0.6 is 11.3 Å². The third-order valence-electron chi connectivity index (χ3n) is 2.22. The minimum absolute atomic E-state index is 0.168. The summed E-state index contributed by atoms with van der Waals surface area (Å²) in [6.45, 7) is 0. The molecule has 0 aliphatic heterocycles. The van der Waals surface area contributed by atoms with Crippen LogP contribution in [-0.2, 0) is 16.6 Å². The van der Waals surface area contributed by atoms with Gasteiger partial charge in [-0.1, -0.05) is 6.07 Å². The molecule has 0 saturated carbocycles. The van der Waals surface area contributed by atoms with Crippen molar-refractivity contribution in [2.45, 2.75) is 10.6 Å². The summed E-state index contributed by atoms with van der Waals surface area (Å²) in [5.41, 5.74) is 1.18.